The fraction of sp³-hybridized carbons (Fsp3) is 0.500. The summed E-state index contributed by atoms with van der Waals surface area (Å²) in [5.41, 5.74) is 3.59. The number of aromatic nitrogens is 2. The minimum atomic E-state index is -1.98. The average molecular weight is 214 g/mol. The Kier molecular flexibility index (Phi) is 2.28. The number of nitro groups is 1. The van der Waals surface area contributed by atoms with Gasteiger partial charge in [-0.05, 0) is 6.37 Å². The molecule has 0 atom stereocenters. The minimum absolute atomic E-state index is 0.00303. The van der Waals surface area contributed by atoms with Gasteiger partial charge in [0.1, 0.15) is 5.69 Å². The molecule has 82 valence electrons. The highest BCUT2D eigenvalue weighted by Crippen LogP contribution is 2.23. The molecular formula is C8H12N4O3. The number of carbonyl (C=O) groups excluding carboxylic acids is 1. The molecule has 0 aliphatic rings. The Morgan fingerprint density at radius 2 is 2.40 bits per heavy atom. The second kappa shape index (κ2) is 4.07. The Balaban J connectivity index is 3.59. The van der Waals surface area contributed by atoms with Gasteiger partial charge in [0, 0.05) is 9.79 Å². The van der Waals surface area contributed by atoms with Crippen LogP contribution in [-0.2, 0) is 13.4 Å². The molecule has 2 N–H and O–H groups in total. The van der Waals surface area contributed by atoms with Crippen molar-refractivity contribution in [3.05, 3.63) is 21.5 Å². The molecule has 0 aliphatic carbocycles. The summed E-state index contributed by atoms with van der Waals surface area (Å²) in [6.07, 6.45) is -1.98. The zero-order chi connectivity index (χ0) is 13.4. The third-order valence-corrected chi connectivity index (χ3v) is 1.78. The predicted octanol–water partition coefficient (Wildman–Crippen LogP) is 0.380. The van der Waals surface area contributed by atoms with E-state index in [2.05, 4.69) is 5.10 Å². The summed E-state index contributed by atoms with van der Waals surface area (Å²) >= 11 is 0. The number of hydrogen-bond acceptors (Lipinski definition) is 4. The number of primary amides is 1. The summed E-state index contributed by atoms with van der Waals surface area (Å²) in [6, 6.07) is 0. The Labute approximate surface area is 88.8 Å². The summed E-state index contributed by atoms with van der Waals surface area (Å²) in [6.45, 7) is 1.53. The Bertz CT molecular complexity index is 483. The number of aryl methyl sites for hydroxylation is 2. The molecule has 0 spiro atoms. The van der Waals surface area contributed by atoms with Crippen LogP contribution >= 0.6 is 0 Å². The van der Waals surface area contributed by atoms with Crippen LogP contribution in [0.25, 0.3) is 0 Å². The lowest BCUT2D eigenvalue weighted by molar-refractivity contribution is -0.385. The van der Waals surface area contributed by atoms with E-state index < -0.39 is 28.6 Å². The van der Waals surface area contributed by atoms with Crippen LogP contribution in [0.1, 0.15) is 32.3 Å². The van der Waals surface area contributed by atoms with Crippen molar-refractivity contribution in [1.29, 1.82) is 0 Å². The zero-order valence-electron chi connectivity index (χ0n) is 10.4. The molecule has 7 heteroatoms. The maximum absolute atomic E-state index is 11.1. The van der Waals surface area contributed by atoms with Crippen LogP contribution in [-0.4, -0.2) is 20.6 Å². The van der Waals surface area contributed by atoms with E-state index in [0.717, 1.165) is 4.68 Å². The monoisotopic (exact) mass is 214 g/mol. The first-order valence-electron chi connectivity index (χ1n) is 5.24. The van der Waals surface area contributed by atoms with E-state index in [1.165, 1.54) is 14.0 Å². The van der Waals surface area contributed by atoms with Crippen LogP contribution in [0.2, 0.25) is 0 Å². The number of hydrogen-bond donors (Lipinski definition) is 1. The van der Waals surface area contributed by atoms with Gasteiger partial charge >= 0.3 is 5.69 Å². The Morgan fingerprint density at radius 3 is 2.80 bits per heavy atom. The van der Waals surface area contributed by atoms with Crippen LogP contribution < -0.4 is 5.73 Å². The van der Waals surface area contributed by atoms with Gasteiger partial charge in [-0.3, -0.25) is 19.6 Å². The third kappa shape index (κ3) is 1.95. The lowest BCUT2D eigenvalue weighted by atomic mass is 10.2. The van der Waals surface area contributed by atoms with Gasteiger partial charge in [0.05, 0.1) is 4.92 Å². The number of carbonyl (C=O) groups is 1. The second-order valence-corrected chi connectivity index (χ2v) is 2.82. The van der Waals surface area contributed by atoms with E-state index >= 15 is 0 Å². The topological polar surface area (TPSA) is 104 Å². The smallest absolute Gasteiger partial charge is 0.323 e. The van der Waals surface area contributed by atoms with E-state index in [4.69, 9.17) is 8.48 Å². The molecule has 7 nitrogen and oxygen atoms in total. The largest absolute Gasteiger partial charge is 0.364 e. The molecule has 1 aromatic heterocycles. The van der Waals surface area contributed by atoms with Crippen LogP contribution in [0.3, 0.4) is 0 Å². The van der Waals surface area contributed by atoms with Crippen molar-refractivity contribution in [1.82, 2.24) is 9.78 Å². The number of nitrogens with two attached hydrogens (primary N) is 1. The van der Waals surface area contributed by atoms with Gasteiger partial charge in [-0.2, -0.15) is 5.10 Å². The van der Waals surface area contributed by atoms with Gasteiger partial charge in [0.2, 0.25) is 5.69 Å². The molecular weight excluding hydrogens is 200 g/mol. The van der Waals surface area contributed by atoms with Crippen molar-refractivity contribution >= 4 is 11.6 Å². The van der Waals surface area contributed by atoms with Gasteiger partial charge in [0.15, 0.2) is 0 Å². The Hall–Kier alpha value is -1.92. The van der Waals surface area contributed by atoms with Crippen LogP contribution in [0.15, 0.2) is 0 Å². The highest BCUT2D eigenvalue weighted by molar-refractivity contribution is 5.95. The quantitative estimate of drug-likeness (QED) is 0.577. The van der Waals surface area contributed by atoms with E-state index in [1.807, 2.05) is 0 Å². The van der Waals surface area contributed by atoms with Crippen molar-refractivity contribution in [2.24, 2.45) is 12.8 Å². The molecule has 1 heterocycles. The zero-order valence-corrected chi connectivity index (χ0v) is 8.35. The van der Waals surface area contributed by atoms with Crippen molar-refractivity contribution < 1.29 is 12.5 Å². The lowest BCUT2D eigenvalue weighted by Crippen LogP contribution is -2.17. The molecule has 1 rings (SSSR count). The molecule has 0 fully saturated rings. The van der Waals surface area contributed by atoms with Gasteiger partial charge in [-0.15, -0.1) is 0 Å². The minimum Gasteiger partial charge on any atom is -0.364 e. The van der Waals surface area contributed by atoms with Crippen molar-refractivity contribution in [3.63, 3.8) is 0 Å². The average Bonchev–Trinajstić information content (AvgIpc) is 2.56. The molecule has 1 aromatic rings. The van der Waals surface area contributed by atoms with E-state index in [9.17, 15) is 14.9 Å². The standard InChI is InChI=1S/C8H12N4O3/c1-3-4-5-6(12(14)15)7(8(9)13)11(2)10-5/h3-4H2,1-2H3,(H2,9,13)/i4D2. The number of nitrogens with zero attached hydrogens (tertiary/aromatic N) is 3. The van der Waals surface area contributed by atoms with Gasteiger partial charge in [-0.25, -0.2) is 0 Å². The van der Waals surface area contributed by atoms with Gasteiger partial charge in [0.25, 0.3) is 5.91 Å². The van der Waals surface area contributed by atoms with Crippen LogP contribution in [0.4, 0.5) is 5.69 Å². The van der Waals surface area contributed by atoms with Crippen molar-refractivity contribution in [3.8, 4) is 0 Å². The second-order valence-electron chi connectivity index (χ2n) is 2.82. The summed E-state index contributed by atoms with van der Waals surface area (Å²) < 4.78 is 16.2. The molecule has 0 bridgehead atoms. The van der Waals surface area contributed by atoms with Crippen molar-refractivity contribution in [2.75, 3.05) is 0 Å². The van der Waals surface area contributed by atoms with E-state index in [1.54, 1.807) is 0 Å². The summed E-state index contributed by atoms with van der Waals surface area (Å²) in [5, 5.41) is 14.6. The fourth-order valence-corrected chi connectivity index (χ4v) is 1.25. The van der Waals surface area contributed by atoms with E-state index in [0.29, 0.717) is 0 Å². The molecule has 0 aromatic carbocycles. The normalized spacial score (nSPS) is 13.2. The summed E-state index contributed by atoms with van der Waals surface area (Å²) in [7, 11) is 1.31. The molecule has 0 radical (unpaired) electrons. The number of amides is 1. The van der Waals surface area contributed by atoms with E-state index in [-0.39, 0.29) is 12.1 Å². The molecule has 0 aliphatic heterocycles. The molecule has 15 heavy (non-hydrogen) atoms. The first-order valence-corrected chi connectivity index (χ1v) is 4.24. The lowest BCUT2D eigenvalue weighted by Gasteiger charge is -1.94. The highest BCUT2D eigenvalue weighted by atomic mass is 16.6. The van der Waals surface area contributed by atoms with Crippen LogP contribution in [0, 0.1) is 10.1 Å². The number of rotatable bonds is 4. The van der Waals surface area contributed by atoms with Gasteiger partial charge < -0.3 is 5.73 Å². The molecule has 0 saturated carbocycles. The maximum Gasteiger partial charge on any atom is 0.323 e. The Morgan fingerprint density at radius 1 is 1.80 bits per heavy atom. The maximum atomic E-state index is 11.1. The summed E-state index contributed by atoms with van der Waals surface area (Å²) in [5.74, 6) is -1.01. The van der Waals surface area contributed by atoms with Gasteiger partial charge in [-0.1, -0.05) is 13.3 Å². The first-order chi connectivity index (χ1) is 7.72. The first kappa shape index (κ1) is 8.39. The molecule has 0 unspecified atom stereocenters. The van der Waals surface area contributed by atoms with Crippen molar-refractivity contribution in [2.45, 2.75) is 19.7 Å². The highest BCUT2D eigenvalue weighted by Gasteiger charge is 2.29. The SMILES string of the molecule is [2H]C([2H])(CC)c1nn(C)c(C(N)=O)c1[N+](=O)[O-]. The van der Waals surface area contributed by atoms with Crippen LogP contribution in [0.5, 0.6) is 0 Å². The fourth-order valence-electron chi connectivity index (χ4n) is 1.25. The summed E-state index contributed by atoms with van der Waals surface area (Å²) in [4.78, 5) is 21.2. The molecule has 0 saturated heterocycles. The third-order valence-electron chi connectivity index (χ3n) is 1.78. The predicted molar refractivity (Wildman–Crippen MR) is 52.4 cm³/mol. The molecule has 1 amide bonds.